The minimum atomic E-state index is -0.165. The predicted molar refractivity (Wildman–Crippen MR) is 28.5 cm³/mol. The maximum atomic E-state index is 7.90. The number of nitriles is 1. The molecule has 4 heteroatoms. The number of halogens is 2. The van der Waals surface area contributed by atoms with Crippen molar-refractivity contribution in [3.63, 3.8) is 0 Å². The fourth-order valence-corrected chi connectivity index (χ4v) is 0.0957. The second kappa shape index (κ2) is 2.73. The Labute approximate surface area is 51.1 Å². The van der Waals surface area contributed by atoms with E-state index in [4.69, 9.17) is 34.2 Å². The van der Waals surface area contributed by atoms with Crippen molar-refractivity contribution < 1.29 is 0 Å². The van der Waals surface area contributed by atoms with E-state index in [0.717, 1.165) is 0 Å². The fourth-order valence-electron chi connectivity index (χ4n) is 0.0534. The third-order valence-electron chi connectivity index (χ3n) is 0.308. The molecule has 2 nitrogen and oxygen atoms in total. The van der Waals surface area contributed by atoms with Crippen molar-refractivity contribution in [3.05, 3.63) is 10.2 Å². The van der Waals surface area contributed by atoms with E-state index >= 15 is 0 Å². The van der Waals surface area contributed by atoms with Crippen LogP contribution in [-0.2, 0) is 0 Å². The maximum Gasteiger partial charge on any atom is 0.152 e. The Bertz CT molecular complexity index is 128. The summed E-state index contributed by atoms with van der Waals surface area (Å²) in [6.07, 6.45) is 0. The van der Waals surface area contributed by atoms with Crippen LogP contribution in [-0.4, -0.2) is 0 Å². The van der Waals surface area contributed by atoms with Gasteiger partial charge in [0.15, 0.2) is 5.03 Å². The van der Waals surface area contributed by atoms with Gasteiger partial charge in [0.25, 0.3) is 0 Å². The number of nitrogens with two attached hydrogens (primary N) is 1. The van der Waals surface area contributed by atoms with Crippen LogP contribution >= 0.6 is 23.2 Å². The van der Waals surface area contributed by atoms with Gasteiger partial charge in [0, 0.05) is 0 Å². The van der Waals surface area contributed by atoms with E-state index in [0.29, 0.717) is 0 Å². The average molecular weight is 137 g/mol. The standard InChI is InChI=1S/C3H2Cl2N2/c4-2(1-6)3(5)7/h7H2/b3-2-. The van der Waals surface area contributed by atoms with Crippen LogP contribution in [0.3, 0.4) is 0 Å². The predicted octanol–water partition coefficient (Wildman–Crippen LogP) is 1.12. The average Bonchev–Trinajstić information content (AvgIpc) is 1.65. The summed E-state index contributed by atoms with van der Waals surface area (Å²) in [4.78, 5) is 0. The van der Waals surface area contributed by atoms with Crippen LogP contribution in [0, 0.1) is 11.3 Å². The number of nitrogens with zero attached hydrogens (tertiary/aromatic N) is 1. The Morgan fingerprint density at radius 1 is 1.57 bits per heavy atom. The molecule has 7 heavy (non-hydrogen) atoms. The summed E-state index contributed by atoms with van der Waals surface area (Å²) in [5.74, 6) is 0. The lowest BCUT2D eigenvalue weighted by molar-refractivity contribution is 1.47. The lowest BCUT2D eigenvalue weighted by Gasteiger charge is -1.80. The highest BCUT2D eigenvalue weighted by molar-refractivity contribution is 6.40. The van der Waals surface area contributed by atoms with Crippen LogP contribution in [0.2, 0.25) is 0 Å². The van der Waals surface area contributed by atoms with Crippen LogP contribution in [0.1, 0.15) is 0 Å². The van der Waals surface area contributed by atoms with Gasteiger partial charge in [-0.1, -0.05) is 23.2 Å². The van der Waals surface area contributed by atoms with Crippen LogP contribution in [0.4, 0.5) is 0 Å². The summed E-state index contributed by atoms with van der Waals surface area (Å²) in [6.45, 7) is 0. The van der Waals surface area contributed by atoms with Crippen molar-refractivity contribution in [3.8, 4) is 6.07 Å². The van der Waals surface area contributed by atoms with Gasteiger partial charge in [0.2, 0.25) is 0 Å². The van der Waals surface area contributed by atoms with E-state index in [1.54, 1.807) is 6.07 Å². The Morgan fingerprint density at radius 3 is 2.00 bits per heavy atom. The van der Waals surface area contributed by atoms with Gasteiger partial charge in [-0.3, -0.25) is 0 Å². The van der Waals surface area contributed by atoms with Crippen molar-refractivity contribution in [2.45, 2.75) is 0 Å². The fraction of sp³-hybridized carbons (Fsp3) is 0. The number of hydrogen-bond acceptors (Lipinski definition) is 2. The van der Waals surface area contributed by atoms with Gasteiger partial charge in [0.05, 0.1) is 0 Å². The highest BCUT2D eigenvalue weighted by atomic mass is 35.5. The molecule has 0 aliphatic heterocycles. The van der Waals surface area contributed by atoms with Gasteiger partial charge in [-0.2, -0.15) is 5.26 Å². The molecule has 0 spiro atoms. The van der Waals surface area contributed by atoms with E-state index < -0.39 is 0 Å². The second-order valence-corrected chi connectivity index (χ2v) is 1.56. The summed E-state index contributed by atoms with van der Waals surface area (Å²) in [5.41, 5.74) is 4.84. The molecule has 0 heterocycles. The summed E-state index contributed by atoms with van der Waals surface area (Å²) >= 11 is 10.1. The zero-order valence-corrected chi connectivity index (χ0v) is 4.79. The largest absolute Gasteiger partial charge is 0.388 e. The minimum Gasteiger partial charge on any atom is -0.388 e. The molecule has 0 saturated carbocycles. The second-order valence-electron chi connectivity index (χ2n) is 0.774. The highest BCUT2D eigenvalue weighted by Crippen LogP contribution is 2.04. The molecular formula is C3H2Cl2N2. The van der Waals surface area contributed by atoms with Crippen LogP contribution in [0.5, 0.6) is 0 Å². The van der Waals surface area contributed by atoms with Crippen LogP contribution < -0.4 is 5.73 Å². The Hall–Kier alpha value is -0.390. The lowest BCUT2D eigenvalue weighted by Crippen LogP contribution is -1.88. The third kappa shape index (κ3) is 2.32. The van der Waals surface area contributed by atoms with Crippen molar-refractivity contribution in [2.75, 3.05) is 0 Å². The molecule has 0 bridgehead atoms. The monoisotopic (exact) mass is 136 g/mol. The van der Waals surface area contributed by atoms with E-state index in [1.807, 2.05) is 0 Å². The van der Waals surface area contributed by atoms with Crippen LogP contribution in [0.15, 0.2) is 10.2 Å². The van der Waals surface area contributed by atoms with E-state index in [-0.39, 0.29) is 10.2 Å². The topological polar surface area (TPSA) is 49.8 Å². The van der Waals surface area contributed by atoms with Crippen molar-refractivity contribution in [2.24, 2.45) is 5.73 Å². The van der Waals surface area contributed by atoms with E-state index in [9.17, 15) is 0 Å². The number of hydrogen-bond donors (Lipinski definition) is 1. The molecule has 0 aliphatic rings. The van der Waals surface area contributed by atoms with Gasteiger partial charge in [0.1, 0.15) is 11.2 Å². The van der Waals surface area contributed by atoms with Crippen molar-refractivity contribution in [1.29, 1.82) is 5.26 Å². The van der Waals surface area contributed by atoms with Gasteiger partial charge >= 0.3 is 0 Å². The van der Waals surface area contributed by atoms with Gasteiger partial charge < -0.3 is 5.73 Å². The normalized spacial score (nSPS) is 12.1. The molecule has 2 N–H and O–H groups in total. The molecule has 0 aromatic carbocycles. The Morgan fingerprint density at radius 2 is 2.00 bits per heavy atom. The summed E-state index contributed by atoms with van der Waals surface area (Å²) < 4.78 is 0. The first-order valence-corrected chi connectivity index (χ1v) is 2.15. The molecule has 38 valence electrons. The van der Waals surface area contributed by atoms with E-state index in [1.165, 1.54) is 0 Å². The quantitative estimate of drug-likeness (QED) is 0.401. The van der Waals surface area contributed by atoms with Crippen molar-refractivity contribution >= 4 is 23.2 Å². The Kier molecular flexibility index (Phi) is 2.58. The SMILES string of the molecule is N#C/C(Cl)=C(/N)Cl. The van der Waals surface area contributed by atoms with Crippen LogP contribution in [0.25, 0.3) is 0 Å². The summed E-state index contributed by atoms with van der Waals surface area (Å²) in [6, 6.07) is 1.55. The summed E-state index contributed by atoms with van der Waals surface area (Å²) in [7, 11) is 0. The molecular weight excluding hydrogens is 135 g/mol. The minimum absolute atomic E-state index is 0.163. The zero-order chi connectivity index (χ0) is 5.86. The molecule has 0 aromatic heterocycles. The molecule has 0 rings (SSSR count). The molecule has 0 amide bonds. The molecule has 0 unspecified atom stereocenters. The third-order valence-corrected chi connectivity index (χ3v) is 0.882. The van der Waals surface area contributed by atoms with Crippen molar-refractivity contribution in [1.82, 2.24) is 0 Å². The smallest absolute Gasteiger partial charge is 0.152 e. The first-order valence-electron chi connectivity index (χ1n) is 1.39. The van der Waals surface area contributed by atoms with Gasteiger partial charge in [-0.15, -0.1) is 0 Å². The molecule has 0 saturated heterocycles. The maximum absolute atomic E-state index is 7.90. The van der Waals surface area contributed by atoms with E-state index in [2.05, 4.69) is 0 Å². The summed E-state index contributed by atoms with van der Waals surface area (Å²) in [5, 5.41) is 7.57. The van der Waals surface area contributed by atoms with Gasteiger partial charge in [-0.05, 0) is 0 Å². The first kappa shape index (κ1) is 6.61. The number of allylic oxidation sites excluding steroid dienone is 1. The zero-order valence-electron chi connectivity index (χ0n) is 3.28. The van der Waals surface area contributed by atoms with Gasteiger partial charge in [-0.25, -0.2) is 0 Å². The molecule has 0 radical (unpaired) electrons. The molecule has 0 aliphatic carbocycles. The first-order chi connectivity index (χ1) is 3.18. The number of rotatable bonds is 0. The lowest BCUT2D eigenvalue weighted by atomic mass is 10.7. The Balaban J connectivity index is 4.07. The molecule has 0 aromatic rings. The molecule has 0 atom stereocenters. The highest BCUT2D eigenvalue weighted by Gasteiger charge is 1.90. The molecule has 0 fully saturated rings.